The minimum atomic E-state index is -0.563. The zero-order valence-corrected chi connectivity index (χ0v) is 15.5. The van der Waals surface area contributed by atoms with Crippen LogP contribution in [0.1, 0.15) is 11.1 Å². The monoisotopic (exact) mass is 393 g/mol. The number of hydrogen-bond donors (Lipinski definition) is 3. The lowest BCUT2D eigenvalue weighted by Crippen LogP contribution is -2.47. The molecule has 0 fully saturated rings. The number of amides is 3. The number of rotatable bonds is 6. The zero-order chi connectivity index (χ0) is 20.5. The lowest BCUT2D eigenvalue weighted by Gasteiger charge is -2.13. The molecule has 0 saturated heterocycles. The minimum Gasteiger partial charge on any atom is -0.457 e. The Balaban J connectivity index is 1.47. The highest BCUT2D eigenvalue weighted by Crippen LogP contribution is 2.24. The van der Waals surface area contributed by atoms with Gasteiger partial charge in [0, 0.05) is 12.1 Å². The van der Waals surface area contributed by atoms with Gasteiger partial charge in [0.25, 0.3) is 0 Å². The van der Waals surface area contributed by atoms with Crippen molar-refractivity contribution in [3.8, 4) is 11.5 Å². The highest BCUT2D eigenvalue weighted by Gasteiger charge is 2.08. The van der Waals surface area contributed by atoms with E-state index >= 15 is 0 Å². The number of para-hydroxylation sites is 2. The molecule has 6 nitrogen and oxygen atoms in total. The number of hydrogen-bond acceptors (Lipinski definition) is 3. The Kier molecular flexibility index (Phi) is 6.78. The van der Waals surface area contributed by atoms with E-state index in [0.717, 1.165) is 5.56 Å². The smallest absolute Gasteiger partial charge is 0.333 e. The highest BCUT2D eigenvalue weighted by atomic mass is 19.1. The van der Waals surface area contributed by atoms with E-state index in [-0.39, 0.29) is 18.8 Å². The fourth-order valence-corrected chi connectivity index (χ4v) is 2.54. The van der Waals surface area contributed by atoms with Crippen molar-refractivity contribution in [2.24, 2.45) is 0 Å². The van der Waals surface area contributed by atoms with Crippen LogP contribution in [-0.4, -0.2) is 11.9 Å². The molecule has 29 heavy (non-hydrogen) atoms. The van der Waals surface area contributed by atoms with E-state index in [1.165, 1.54) is 24.3 Å². The molecule has 0 radical (unpaired) electrons. The van der Waals surface area contributed by atoms with Gasteiger partial charge in [0.2, 0.25) is 5.91 Å². The largest absolute Gasteiger partial charge is 0.457 e. The molecule has 3 amide bonds. The van der Waals surface area contributed by atoms with E-state index in [0.29, 0.717) is 17.1 Å². The molecule has 0 aliphatic carbocycles. The maximum atomic E-state index is 12.9. The molecule has 3 rings (SSSR count). The summed E-state index contributed by atoms with van der Waals surface area (Å²) in [5, 5.41) is 2.66. The van der Waals surface area contributed by atoms with Crippen LogP contribution >= 0.6 is 0 Å². The van der Waals surface area contributed by atoms with Crippen LogP contribution in [0.4, 0.5) is 9.18 Å². The molecular formula is C22H20FN3O3. The second kappa shape index (κ2) is 9.89. The average molecular weight is 393 g/mol. The Hall–Kier alpha value is -3.87. The molecule has 0 aromatic heterocycles. The third kappa shape index (κ3) is 6.35. The molecule has 0 aliphatic rings. The second-order valence-corrected chi connectivity index (χ2v) is 6.18. The van der Waals surface area contributed by atoms with Crippen LogP contribution in [0.15, 0.2) is 78.9 Å². The molecule has 7 heteroatoms. The van der Waals surface area contributed by atoms with Gasteiger partial charge in [-0.25, -0.2) is 14.6 Å². The predicted molar refractivity (Wildman–Crippen MR) is 107 cm³/mol. The maximum Gasteiger partial charge on any atom is 0.333 e. The summed E-state index contributed by atoms with van der Waals surface area (Å²) >= 11 is 0. The SMILES string of the molecule is O=C(Cc1ccc(F)cc1)NNC(=O)NCc1ccccc1Oc1ccccc1. The van der Waals surface area contributed by atoms with Crippen LogP contribution in [0.3, 0.4) is 0 Å². The fourth-order valence-electron chi connectivity index (χ4n) is 2.54. The molecule has 0 heterocycles. The van der Waals surface area contributed by atoms with Crippen molar-refractivity contribution in [3.63, 3.8) is 0 Å². The van der Waals surface area contributed by atoms with E-state index in [2.05, 4.69) is 16.2 Å². The van der Waals surface area contributed by atoms with E-state index in [9.17, 15) is 14.0 Å². The van der Waals surface area contributed by atoms with Crippen LogP contribution < -0.4 is 20.9 Å². The van der Waals surface area contributed by atoms with Crippen molar-refractivity contribution in [3.05, 3.63) is 95.8 Å². The maximum absolute atomic E-state index is 12.9. The summed E-state index contributed by atoms with van der Waals surface area (Å²) in [4.78, 5) is 23.8. The first-order valence-electron chi connectivity index (χ1n) is 8.98. The van der Waals surface area contributed by atoms with Gasteiger partial charge >= 0.3 is 6.03 Å². The lowest BCUT2D eigenvalue weighted by atomic mass is 10.1. The van der Waals surface area contributed by atoms with Crippen LogP contribution in [0.25, 0.3) is 0 Å². The van der Waals surface area contributed by atoms with Crippen molar-refractivity contribution in [2.45, 2.75) is 13.0 Å². The fraction of sp³-hybridized carbons (Fsp3) is 0.0909. The van der Waals surface area contributed by atoms with Gasteiger partial charge in [-0.1, -0.05) is 48.5 Å². The number of nitrogens with one attached hydrogen (secondary N) is 3. The van der Waals surface area contributed by atoms with E-state index in [4.69, 9.17) is 4.74 Å². The highest BCUT2D eigenvalue weighted by molar-refractivity contribution is 5.82. The van der Waals surface area contributed by atoms with Gasteiger partial charge in [-0.05, 0) is 35.9 Å². The number of benzene rings is 3. The van der Waals surface area contributed by atoms with Crippen molar-refractivity contribution in [1.82, 2.24) is 16.2 Å². The predicted octanol–water partition coefficient (Wildman–Crippen LogP) is 3.69. The third-order valence-corrected chi connectivity index (χ3v) is 3.98. The molecule has 0 aliphatic heterocycles. The van der Waals surface area contributed by atoms with Gasteiger partial charge in [0.1, 0.15) is 17.3 Å². The van der Waals surface area contributed by atoms with Crippen LogP contribution in [-0.2, 0) is 17.8 Å². The van der Waals surface area contributed by atoms with Crippen LogP contribution in [0, 0.1) is 5.82 Å². The van der Waals surface area contributed by atoms with Crippen LogP contribution in [0.5, 0.6) is 11.5 Å². The Morgan fingerprint density at radius 3 is 2.28 bits per heavy atom. The van der Waals surface area contributed by atoms with E-state index in [1.54, 1.807) is 0 Å². The summed E-state index contributed by atoms with van der Waals surface area (Å²) in [5.41, 5.74) is 6.02. The quantitative estimate of drug-likeness (QED) is 0.559. The van der Waals surface area contributed by atoms with E-state index in [1.807, 2.05) is 54.6 Å². The molecule has 0 atom stereocenters. The van der Waals surface area contributed by atoms with Gasteiger partial charge in [0.15, 0.2) is 0 Å². The summed E-state index contributed by atoms with van der Waals surface area (Å²) in [7, 11) is 0. The zero-order valence-electron chi connectivity index (χ0n) is 15.5. The van der Waals surface area contributed by atoms with Crippen molar-refractivity contribution < 1.29 is 18.7 Å². The van der Waals surface area contributed by atoms with Gasteiger partial charge in [0.05, 0.1) is 6.42 Å². The number of carbonyl (C=O) groups excluding carboxylic acids is 2. The third-order valence-electron chi connectivity index (χ3n) is 3.98. The number of ether oxygens (including phenoxy) is 1. The molecular weight excluding hydrogens is 373 g/mol. The van der Waals surface area contributed by atoms with Crippen molar-refractivity contribution in [1.29, 1.82) is 0 Å². The first-order valence-corrected chi connectivity index (χ1v) is 8.98. The van der Waals surface area contributed by atoms with Gasteiger partial charge in [-0.2, -0.15) is 0 Å². The molecule has 0 spiro atoms. The molecule has 148 valence electrons. The van der Waals surface area contributed by atoms with Crippen molar-refractivity contribution >= 4 is 11.9 Å². The van der Waals surface area contributed by atoms with Gasteiger partial charge in [-0.15, -0.1) is 0 Å². The minimum absolute atomic E-state index is 0.0221. The topological polar surface area (TPSA) is 79.5 Å². The van der Waals surface area contributed by atoms with E-state index < -0.39 is 11.9 Å². The Morgan fingerprint density at radius 1 is 0.828 bits per heavy atom. The van der Waals surface area contributed by atoms with Gasteiger partial charge in [-0.3, -0.25) is 10.2 Å². The number of hydrazine groups is 1. The summed E-state index contributed by atoms with van der Waals surface area (Å²) < 4.78 is 18.7. The Labute approximate surface area is 167 Å². The summed E-state index contributed by atoms with van der Waals surface area (Å²) in [6.45, 7) is 0.211. The summed E-state index contributed by atoms with van der Waals surface area (Å²) in [5.74, 6) is 0.527. The lowest BCUT2D eigenvalue weighted by molar-refractivity contribution is -0.121. The second-order valence-electron chi connectivity index (χ2n) is 6.18. The normalized spacial score (nSPS) is 10.1. The first-order chi connectivity index (χ1) is 14.1. The molecule has 0 saturated carbocycles. The number of urea groups is 1. The van der Waals surface area contributed by atoms with Crippen molar-refractivity contribution in [2.75, 3.05) is 0 Å². The number of carbonyl (C=O) groups is 2. The van der Waals surface area contributed by atoms with Crippen LogP contribution in [0.2, 0.25) is 0 Å². The summed E-state index contributed by atoms with van der Waals surface area (Å²) in [6, 6.07) is 21.7. The summed E-state index contributed by atoms with van der Waals surface area (Å²) in [6.07, 6.45) is 0.0221. The first kappa shape index (κ1) is 19.9. The standard InChI is InChI=1S/C22H20FN3O3/c23-18-12-10-16(11-13-18)14-21(27)25-26-22(28)24-15-17-6-4-5-9-20(17)29-19-7-2-1-3-8-19/h1-13H,14-15H2,(H,25,27)(H2,24,26,28). The Bertz CT molecular complexity index is 963. The molecule has 0 unspecified atom stereocenters. The van der Waals surface area contributed by atoms with Gasteiger partial charge < -0.3 is 10.1 Å². The molecule has 0 bridgehead atoms. The average Bonchev–Trinajstić information content (AvgIpc) is 2.74. The molecule has 3 aromatic rings. The molecule has 3 aromatic carbocycles. The Morgan fingerprint density at radius 2 is 1.52 bits per heavy atom. The molecule has 3 N–H and O–H groups in total. The number of halogens is 1.